The lowest BCUT2D eigenvalue weighted by Crippen LogP contribution is -2.42. The molecule has 0 spiro atoms. The van der Waals surface area contributed by atoms with Crippen LogP contribution in [0.2, 0.25) is 0 Å². The van der Waals surface area contributed by atoms with Crippen molar-refractivity contribution in [2.45, 2.75) is 76.8 Å². The third kappa shape index (κ3) is 5.62. The van der Waals surface area contributed by atoms with Crippen molar-refractivity contribution in [3.8, 4) is 5.75 Å². The summed E-state index contributed by atoms with van der Waals surface area (Å²) in [6.45, 7) is 1.35. The van der Waals surface area contributed by atoms with Crippen LogP contribution in [0.4, 0.5) is 0 Å². The van der Waals surface area contributed by atoms with Crippen molar-refractivity contribution in [1.82, 2.24) is 9.88 Å². The zero-order chi connectivity index (χ0) is 20.6. The fourth-order valence-corrected chi connectivity index (χ4v) is 4.89. The first-order chi connectivity index (χ1) is 14.8. The van der Waals surface area contributed by atoms with E-state index < -0.39 is 0 Å². The summed E-state index contributed by atoms with van der Waals surface area (Å²) in [5.41, 5.74) is 2.24. The highest BCUT2D eigenvalue weighted by atomic mass is 16.5. The number of hydrogen-bond acceptors (Lipinski definition) is 3. The third-order valence-electron chi connectivity index (χ3n) is 6.63. The molecule has 0 bridgehead atoms. The summed E-state index contributed by atoms with van der Waals surface area (Å²) in [5.74, 6) is 1.52. The molecule has 2 aliphatic carbocycles. The van der Waals surface area contributed by atoms with E-state index in [1.807, 2.05) is 36.5 Å². The predicted octanol–water partition coefficient (Wildman–Crippen LogP) is 5.55. The first-order valence-electron chi connectivity index (χ1n) is 11.7. The van der Waals surface area contributed by atoms with Crippen molar-refractivity contribution >= 4 is 5.91 Å². The molecular formula is C26H34N2O2. The smallest absolute Gasteiger partial charge is 0.226 e. The summed E-state index contributed by atoms with van der Waals surface area (Å²) in [6.07, 6.45) is 13.3. The number of carbonyl (C=O) groups excluding carboxylic acids is 1. The molecule has 0 saturated heterocycles. The van der Waals surface area contributed by atoms with E-state index in [4.69, 9.17) is 4.74 Å². The molecule has 1 aromatic heterocycles. The summed E-state index contributed by atoms with van der Waals surface area (Å²) in [4.78, 5) is 19.9. The Morgan fingerprint density at radius 3 is 2.37 bits per heavy atom. The number of pyridine rings is 1. The minimum Gasteiger partial charge on any atom is -0.493 e. The molecule has 2 fully saturated rings. The molecule has 0 N–H and O–H groups in total. The van der Waals surface area contributed by atoms with Gasteiger partial charge in [0.2, 0.25) is 5.91 Å². The zero-order valence-electron chi connectivity index (χ0n) is 18.0. The Morgan fingerprint density at radius 1 is 0.933 bits per heavy atom. The van der Waals surface area contributed by atoms with Crippen LogP contribution in [-0.2, 0) is 17.8 Å². The molecule has 1 amide bonds. The minimum absolute atomic E-state index is 0.244. The number of ether oxygens (including phenoxy) is 1. The van der Waals surface area contributed by atoms with Gasteiger partial charge >= 0.3 is 0 Å². The van der Waals surface area contributed by atoms with Crippen molar-refractivity contribution in [1.29, 1.82) is 0 Å². The van der Waals surface area contributed by atoms with Crippen LogP contribution >= 0.6 is 0 Å². The van der Waals surface area contributed by atoms with E-state index >= 15 is 0 Å². The summed E-state index contributed by atoms with van der Waals surface area (Å²) in [5, 5.41) is 0. The molecule has 4 heteroatoms. The van der Waals surface area contributed by atoms with Crippen molar-refractivity contribution in [2.75, 3.05) is 6.61 Å². The van der Waals surface area contributed by atoms with Gasteiger partial charge in [0.1, 0.15) is 5.75 Å². The van der Waals surface area contributed by atoms with Gasteiger partial charge in [-0.25, -0.2) is 0 Å². The molecule has 2 aliphatic rings. The van der Waals surface area contributed by atoms with Gasteiger partial charge in [0, 0.05) is 36.8 Å². The van der Waals surface area contributed by atoms with E-state index in [0.29, 0.717) is 18.6 Å². The van der Waals surface area contributed by atoms with Gasteiger partial charge in [-0.05, 0) is 55.5 Å². The van der Waals surface area contributed by atoms with Crippen molar-refractivity contribution < 1.29 is 9.53 Å². The number of hydrogen-bond donors (Lipinski definition) is 0. The van der Waals surface area contributed by atoms with Crippen molar-refractivity contribution in [3.05, 3.63) is 59.9 Å². The summed E-state index contributed by atoms with van der Waals surface area (Å²) < 4.78 is 5.89. The van der Waals surface area contributed by atoms with Gasteiger partial charge in [-0.1, -0.05) is 50.3 Å². The number of nitrogens with zero attached hydrogens (tertiary/aromatic N) is 2. The van der Waals surface area contributed by atoms with E-state index in [1.165, 1.54) is 37.7 Å². The van der Waals surface area contributed by atoms with Gasteiger partial charge in [-0.2, -0.15) is 0 Å². The second-order valence-electron chi connectivity index (χ2n) is 8.80. The van der Waals surface area contributed by atoms with Crippen LogP contribution in [0.25, 0.3) is 0 Å². The number of benzene rings is 1. The molecule has 4 rings (SSSR count). The first-order valence-corrected chi connectivity index (χ1v) is 11.7. The predicted molar refractivity (Wildman–Crippen MR) is 119 cm³/mol. The molecule has 0 unspecified atom stereocenters. The van der Waals surface area contributed by atoms with E-state index in [-0.39, 0.29) is 5.92 Å². The summed E-state index contributed by atoms with van der Waals surface area (Å²) in [6, 6.07) is 14.7. The van der Waals surface area contributed by atoms with Crippen molar-refractivity contribution in [2.24, 2.45) is 5.92 Å². The van der Waals surface area contributed by atoms with Gasteiger partial charge in [0.15, 0.2) is 0 Å². The second-order valence-corrected chi connectivity index (χ2v) is 8.80. The van der Waals surface area contributed by atoms with Crippen LogP contribution in [0, 0.1) is 5.92 Å². The normalized spacial score (nSPS) is 17.7. The lowest BCUT2D eigenvalue weighted by atomic mass is 9.87. The van der Waals surface area contributed by atoms with Crippen LogP contribution in [0.15, 0.2) is 48.7 Å². The molecule has 30 heavy (non-hydrogen) atoms. The fourth-order valence-electron chi connectivity index (χ4n) is 4.89. The second kappa shape index (κ2) is 10.6. The number of carbonyl (C=O) groups is 1. The Labute approximate surface area is 180 Å². The number of amides is 1. The average molecular weight is 407 g/mol. The van der Waals surface area contributed by atoms with Crippen LogP contribution in [0.1, 0.15) is 69.0 Å². The highest BCUT2D eigenvalue weighted by molar-refractivity contribution is 5.79. The molecule has 0 aliphatic heterocycles. The topological polar surface area (TPSA) is 42.4 Å². The lowest BCUT2D eigenvalue weighted by molar-refractivity contribution is -0.139. The Hall–Kier alpha value is -2.36. The van der Waals surface area contributed by atoms with E-state index in [0.717, 1.165) is 50.1 Å². The Bertz CT molecular complexity index is 778. The standard InChI is InChI=1S/C26H34N2O2/c29-26(22-8-2-1-3-9-22)28(24-11-4-5-12-24)20-21-13-15-25(16-14-21)30-19-17-23-10-6-7-18-27-23/h6-7,10,13-16,18,22,24H,1-5,8-9,11-12,17,19-20H2. The van der Waals surface area contributed by atoms with Gasteiger partial charge in [0.25, 0.3) is 0 Å². The van der Waals surface area contributed by atoms with Crippen LogP contribution in [0.3, 0.4) is 0 Å². The summed E-state index contributed by atoms with van der Waals surface area (Å²) >= 11 is 0. The molecular weight excluding hydrogens is 372 g/mol. The molecule has 4 nitrogen and oxygen atoms in total. The quantitative estimate of drug-likeness (QED) is 0.577. The maximum absolute atomic E-state index is 13.3. The van der Waals surface area contributed by atoms with Gasteiger partial charge in [-0.3, -0.25) is 9.78 Å². The van der Waals surface area contributed by atoms with Gasteiger partial charge < -0.3 is 9.64 Å². The molecule has 0 atom stereocenters. The van der Waals surface area contributed by atoms with E-state index in [1.54, 1.807) is 0 Å². The van der Waals surface area contributed by atoms with Crippen LogP contribution in [0.5, 0.6) is 5.75 Å². The average Bonchev–Trinajstić information content (AvgIpc) is 3.34. The van der Waals surface area contributed by atoms with E-state index in [9.17, 15) is 4.79 Å². The zero-order valence-corrected chi connectivity index (χ0v) is 18.0. The highest BCUT2D eigenvalue weighted by Gasteiger charge is 2.32. The van der Waals surface area contributed by atoms with Gasteiger partial charge in [-0.15, -0.1) is 0 Å². The third-order valence-corrected chi connectivity index (χ3v) is 6.63. The Balaban J connectivity index is 1.34. The Morgan fingerprint density at radius 2 is 1.67 bits per heavy atom. The number of aromatic nitrogens is 1. The first kappa shape index (κ1) is 20.9. The number of rotatable bonds is 8. The largest absolute Gasteiger partial charge is 0.493 e. The molecule has 2 aromatic rings. The molecule has 2 saturated carbocycles. The minimum atomic E-state index is 0.244. The molecule has 160 valence electrons. The maximum Gasteiger partial charge on any atom is 0.226 e. The van der Waals surface area contributed by atoms with Crippen molar-refractivity contribution in [3.63, 3.8) is 0 Å². The van der Waals surface area contributed by atoms with Crippen LogP contribution in [-0.4, -0.2) is 28.4 Å². The van der Waals surface area contributed by atoms with Crippen LogP contribution < -0.4 is 4.74 Å². The lowest BCUT2D eigenvalue weighted by Gasteiger charge is -2.34. The molecule has 1 heterocycles. The summed E-state index contributed by atoms with van der Waals surface area (Å²) in [7, 11) is 0. The van der Waals surface area contributed by atoms with Gasteiger partial charge in [0.05, 0.1) is 6.61 Å². The SMILES string of the molecule is O=C(C1CCCCC1)N(Cc1ccc(OCCc2ccccn2)cc1)C1CCCC1. The Kier molecular flexibility index (Phi) is 7.39. The van der Waals surface area contributed by atoms with E-state index in [2.05, 4.69) is 22.0 Å². The fraction of sp³-hybridized carbons (Fsp3) is 0.538. The molecule has 1 aromatic carbocycles. The molecule has 0 radical (unpaired) electrons. The monoisotopic (exact) mass is 406 g/mol. The maximum atomic E-state index is 13.3. The highest BCUT2D eigenvalue weighted by Crippen LogP contribution is 2.31.